The van der Waals surface area contributed by atoms with E-state index in [1.807, 2.05) is 0 Å². The lowest BCUT2D eigenvalue weighted by molar-refractivity contribution is -0.132. The molecule has 0 saturated carbocycles. The smallest absolute Gasteiger partial charge is 0.188 e. The van der Waals surface area contributed by atoms with Gasteiger partial charge in [-0.1, -0.05) is 44.1 Å². The Morgan fingerprint density at radius 3 is 3.04 bits per heavy atom. The summed E-state index contributed by atoms with van der Waals surface area (Å²) in [6, 6.07) is 0. The minimum atomic E-state index is -0.517. The highest BCUT2D eigenvalue weighted by Crippen LogP contribution is 2.39. The number of ether oxygens (including phenoxy) is 2. The Labute approximate surface area is 156 Å². The van der Waals surface area contributed by atoms with E-state index >= 15 is 0 Å². The zero-order valence-corrected chi connectivity index (χ0v) is 15.8. The van der Waals surface area contributed by atoms with Crippen molar-refractivity contribution in [3.8, 4) is 5.75 Å². The second-order valence-corrected chi connectivity index (χ2v) is 7.03. The molecule has 3 rings (SSSR count). The van der Waals surface area contributed by atoms with Crippen LogP contribution in [-0.4, -0.2) is 16.7 Å². The summed E-state index contributed by atoms with van der Waals surface area (Å²) < 4.78 is 11.8. The summed E-state index contributed by atoms with van der Waals surface area (Å²) >= 11 is 0. The highest BCUT2D eigenvalue weighted by molar-refractivity contribution is 5.43. The first-order valence-corrected chi connectivity index (χ1v) is 9.65. The van der Waals surface area contributed by atoms with Crippen LogP contribution in [0.1, 0.15) is 68.6 Å². The molecule has 0 fully saturated rings. The maximum atomic E-state index is 10.3. The van der Waals surface area contributed by atoms with Crippen molar-refractivity contribution in [2.24, 2.45) is 0 Å². The molecule has 1 aromatic heterocycles. The second-order valence-electron chi connectivity index (χ2n) is 7.03. The Kier molecular flexibility index (Phi) is 6.64. The molecule has 1 aromatic rings. The Morgan fingerprint density at radius 2 is 2.27 bits per heavy atom. The lowest BCUT2D eigenvalue weighted by atomic mass is 10.0. The molecule has 0 spiro atoms. The van der Waals surface area contributed by atoms with Crippen LogP contribution < -0.4 is 0 Å². The van der Waals surface area contributed by atoms with E-state index < -0.39 is 6.29 Å². The molecular weight excluding hydrogens is 326 g/mol. The molecule has 2 aliphatic rings. The molecule has 1 N–H and O–H groups in total. The molecular formula is C22H29NO3. The number of unbranched alkanes of at least 4 members (excludes halogenated alkanes) is 2. The molecule has 0 radical (unpaired) electrons. The van der Waals surface area contributed by atoms with Gasteiger partial charge >= 0.3 is 0 Å². The third-order valence-electron chi connectivity index (χ3n) is 4.90. The molecule has 26 heavy (non-hydrogen) atoms. The van der Waals surface area contributed by atoms with Gasteiger partial charge in [-0.25, -0.2) is 0 Å². The fourth-order valence-electron chi connectivity index (χ4n) is 3.36. The summed E-state index contributed by atoms with van der Waals surface area (Å²) in [4.78, 5) is 4.20. The van der Waals surface area contributed by atoms with Crippen LogP contribution in [0.15, 0.2) is 41.6 Å². The highest BCUT2D eigenvalue weighted by atomic mass is 16.7. The van der Waals surface area contributed by atoms with Gasteiger partial charge in [-0.2, -0.15) is 0 Å². The van der Waals surface area contributed by atoms with Crippen LogP contribution in [0.3, 0.4) is 0 Å². The van der Waals surface area contributed by atoms with Crippen LogP contribution in [0.5, 0.6) is 5.75 Å². The zero-order valence-electron chi connectivity index (χ0n) is 15.8. The summed E-state index contributed by atoms with van der Waals surface area (Å²) in [6.07, 6.45) is 17.0. The number of rotatable bonds is 8. The molecule has 0 saturated heterocycles. The SMILES string of the molecule is CCCCC/C(=C\C1=CCCC=C1)COC1OCc2cnc(C)c(O)c21. The van der Waals surface area contributed by atoms with Crippen molar-refractivity contribution in [2.45, 2.75) is 65.3 Å². The van der Waals surface area contributed by atoms with Crippen LogP contribution in [0.4, 0.5) is 0 Å². The number of fused-ring (bicyclic) bond motifs is 1. The molecule has 1 atom stereocenters. The van der Waals surface area contributed by atoms with E-state index in [4.69, 9.17) is 9.47 Å². The molecule has 0 bridgehead atoms. The summed E-state index contributed by atoms with van der Waals surface area (Å²) in [7, 11) is 0. The van der Waals surface area contributed by atoms with Gasteiger partial charge in [0.25, 0.3) is 0 Å². The lowest BCUT2D eigenvalue weighted by Crippen LogP contribution is -2.07. The molecule has 140 valence electrons. The van der Waals surface area contributed by atoms with E-state index in [1.54, 1.807) is 13.1 Å². The summed E-state index contributed by atoms with van der Waals surface area (Å²) in [5.74, 6) is 0.194. The van der Waals surface area contributed by atoms with Gasteiger partial charge in [-0.3, -0.25) is 4.98 Å². The van der Waals surface area contributed by atoms with Crippen LogP contribution in [-0.2, 0) is 16.1 Å². The Balaban J connectivity index is 1.69. The topological polar surface area (TPSA) is 51.6 Å². The fourth-order valence-corrected chi connectivity index (χ4v) is 3.36. The summed E-state index contributed by atoms with van der Waals surface area (Å²) in [6.45, 7) is 4.96. The zero-order chi connectivity index (χ0) is 18.4. The molecule has 2 heterocycles. The number of aromatic nitrogens is 1. The molecule has 4 nitrogen and oxygen atoms in total. The number of nitrogens with zero attached hydrogens (tertiary/aromatic N) is 1. The first-order chi connectivity index (χ1) is 12.7. The van der Waals surface area contributed by atoms with Crippen molar-refractivity contribution in [3.05, 3.63) is 58.5 Å². The summed E-state index contributed by atoms with van der Waals surface area (Å²) in [5, 5.41) is 10.3. The Hall–Kier alpha value is -1.91. The lowest BCUT2D eigenvalue weighted by Gasteiger charge is -2.16. The number of hydrogen-bond donors (Lipinski definition) is 1. The molecule has 1 aliphatic heterocycles. The fraction of sp³-hybridized carbons (Fsp3) is 0.500. The van der Waals surface area contributed by atoms with Gasteiger partial charge in [-0.05, 0) is 43.8 Å². The molecule has 1 unspecified atom stereocenters. The number of aryl methyl sites for hydroxylation is 1. The first-order valence-electron chi connectivity index (χ1n) is 9.65. The van der Waals surface area contributed by atoms with Gasteiger partial charge < -0.3 is 14.6 Å². The Morgan fingerprint density at radius 1 is 1.38 bits per heavy atom. The number of pyridine rings is 1. The molecule has 0 amide bonds. The van der Waals surface area contributed by atoms with Crippen molar-refractivity contribution < 1.29 is 14.6 Å². The Bertz CT molecular complexity index is 718. The minimum absolute atomic E-state index is 0.194. The van der Waals surface area contributed by atoms with Crippen molar-refractivity contribution in [3.63, 3.8) is 0 Å². The van der Waals surface area contributed by atoms with E-state index in [0.29, 0.717) is 18.9 Å². The number of aromatic hydroxyl groups is 1. The largest absolute Gasteiger partial charge is 0.506 e. The maximum absolute atomic E-state index is 10.3. The molecule has 0 aromatic carbocycles. The van der Waals surface area contributed by atoms with Crippen LogP contribution in [0.2, 0.25) is 0 Å². The van der Waals surface area contributed by atoms with E-state index in [0.717, 1.165) is 30.4 Å². The van der Waals surface area contributed by atoms with Crippen LogP contribution in [0.25, 0.3) is 0 Å². The maximum Gasteiger partial charge on any atom is 0.188 e. The number of hydrogen-bond acceptors (Lipinski definition) is 4. The monoisotopic (exact) mass is 355 g/mol. The summed E-state index contributed by atoms with van der Waals surface area (Å²) in [5.41, 5.74) is 4.80. The van der Waals surface area contributed by atoms with E-state index in [9.17, 15) is 5.11 Å². The van der Waals surface area contributed by atoms with E-state index in [-0.39, 0.29) is 5.75 Å². The third kappa shape index (κ3) is 4.63. The standard InChI is InChI=1S/C22H29NO3/c1-3-4-6-11-18(12-17-9-7-5-8-10-17)14-25-22-20-19(15-26-22)13-23-16(2)21(20)24/h7,9-10,12-13,22,24H,3-6,8,11,14-15H2,1-2H3/b18-12+. The predicted octanol–water partition coefficient (Wildman–Crippen LogP) is 5.42. The second kappa shape index (κ2) is 9.15. The van der Waals surface area contributed by atoms with Gasteiger partial charge in [0.2, 0.25) is 0 Å². The van der Waals surface area contributed by atoms with Gasteiger partial charge in [0.1, 0.15) is 5.75 Å². The van der Waals surface area contributed by atoms with Gasteiger partial charge in [0.15, 0.2) is 6.29 Å². The minimum Gasteiger partial charge on any atom is -0.506 e. The van der Waals surface area contributed by atoms with E-state index in [2.05, 4.69) is 36.2 Å². The van der Waals surface area contributed by atoms with Gasteiger partial charge in [0, 0.05) is 11.8 Å². The van der Waals surface area contributed by atoms with Crippen molar-refractivity contribution >= 4 is 0 Å². The molecule has 1 aliphatic carbocycles. The van der Waals surface area contributed by atoms with Crippen LogP contribution in [0, 0.1) is 6.92 Å². The van der Waals surface area contributed by atoms with Gasteiger partial charge in [-0.15, -0.1) is 0 Å². The quantitative estimate of drug-likeness (QED) is 0.632. The molecule has 4 heteroatoms. The van der Waals surface area contributed by atoms with Crippen LogP contribution >= 0.6 is 0 Å². The average Bonchev–Trinajstić information content (AvgIpc) is 3.07. The number of allylic oxidation sites excluding steroid dienone is 5. The van der Waals surface area contributed by atoms with Crippen molar-refractivity contribution in [1.29, 1.82) is 0 Å². The first kappa shape index (κ1) is 18.9. The van der Waals surface area contributed by atoms with Gasteiger partial charge in [0.05, 0.1) is 24.5 Å². The predicted molar refractivity (Wildman–Crippen MR) is 103 cm³/mol. The van der Waals surface area contributed by atoms with Crippen molar-refractivity contribution in [1.82, 2.24) is 4.98 Å². The average molecular weight is 355 g/mol. The van der Waals surface area contributed by atoms with E-state index in [1.165, 1.54) is 30.4 Å². The third-order valence-corrected chi connectivity index (χ3v) is 4.90. The normalized spacial score (nSPS) is 19.5. The van der Waals surface area contributed by atoms with Crippen molar-refractivity contribution in [2.75, 3.05) is 6.61 Å². The highest BCUT2D eigenvalue weighted by Gasteiger charge is 2.29.